The van der Waals surface area contributed by atoms with Gasteiger partial charge in [-0.05, 0) is 18.6 Å². The van der Waals surface area contributed by atoms with Crippen LogP contribution in [0.2, 0.25) is 0 Å². The zero-order valence-corrected chi connectivity index (χ0v) is 14.8. The van der Waals surface area contributed by atoms with Gasteiger partial charge in [-0.2, -0.15) is 5.10 Å². The van der Waals surface area contributed by atoms with E-state index in [1.807, 2.05) is 30.3 Å². The molecule has 2 N–H and O–H groups in total. The Kier molecular flexibility index (Phi) is 5.35. The Morgan fingerprint density at radius 1 is 1.26 bits per heavy atom. The van der Waals surface area contributed by atoms with Crippen LogP contribution in [0.5, 0.6) is 0 Å². The van der Waals surface area contributed by atoms with E-state index in [4.69, 9.17) is 9.52 Å². The standard InChI is InChI=1S/C19H19N3O5/c1-12-15(19(25)26)9-14(27-12)10-20-18(24)16-7-8-17(23)22(21-16)11-13-5-3-2-4-6-13/h2-6,9H,7-8,10-11H2,1H3,(H,20,24)(H,25,26). The van der Waals surface area contributed by atoms with Crippen LogP contribution in [0.4, 0.5) is 0 Å². The molecule has 1 aromatic carbocycles. The predicted octanol–water partition coefficient (Wildman–Crippen LogP) is 2.08. The van der Waals surface area contributed by atoms with Gasteiger partial charge in [-0.1, -0.05) is 30.3 Å². The molecule has 8 nitrogen and oxygen atoms in total. The van der Waals surface area contributed by atoms with Gasteiger partial charge in [0.25, 0.3) is 5.91 Å². The lowest BCUT2D eigenvalue weighted by Crippen LogP contribution is -2.38. The molecule has 0 atom stereocenters. The highest BCUT2D eigenvalue weighted by molar-refractivity contribution is 6.39. The van der Waals surface area contributed by atoms with E-state index in [-0.39, 0.29) is 42.3 Å². The van der Waals surface area contributed by atoms with Crippen LogP contribution in [0.1, 0.15) is 40.3 Å². The molecule has 0 radical (unpaired) electrons. The second-order valence-corrected chi connectivity index (χ2v) is 6.15. The van der Waals surface area contributed by atoms with Crippen molar-refractivity contribution in [3.05, 3.63) is 59.0 Å². The minimum Gasteiger partial charge on any atom is -0.478 e. The van der Waals surface area contributed by atoms with Gasteiger partial charge in [0.2, 0.25) is 5.91 Å². The van der Waals surface area contributed by atoms with Crippen LogP contribution in [0.25, 0.3) is 0 Å². The molecule has 0 aliphatic carbocycles. The van der Waals surface area contributed by atoms with Crippen LogP contribution in [-0.4, -0.2) is 33.6 Å². The molecule has 8 heteroatoms. The van der Waals surface area contributed by atoms with Gasteiger partial charge in [0.1, 0.15) is 22.8 Å². The third-order valence-corrected chi connectivity index (χ3v) is 4.16. The summed E-state index contributed by atoms with van der Waals surface area (Å²) in [5, 5.41) is 17.2. The van der Waals surface area contributed by atoms with Crippen LogP contribution in [0.15, 0.2) is 45.9 Å². The largest absolute Gasteiger partial charge is 0.478 e. The van der Waals surface area contributed by atoms with Crippen molar-refractivity contribution in [1.82, 2.24) is 10.3 Å². The minimum atomic E-state index is -1.08. The van der Waals surface area contributed by atoms with Gasteiger partial charge in [-0.25, -0.2) is 9.80 Å². The molecule has 0 spiro atoms. The first-order chi connectivity index (χ1) is 12.9. The smallest absolute Gasteiger partial charge is 0.339 e. The molecule has 27 heavy (non-hydrogen) atoms. The maximum absolute atomic E-state index is 12.4. The van der Waals surface area contributed by atoms with Crippen molar-refractivity contribution in [2.45, 2.75) is 32.9 Å². The number of hydrogen-bond donors (Lipinski definition) is 2. The number of benzene rings is 1. The number of nitrogens with zero attached hydrogens (tertiary/aromatic N) is 2. The summed E-state index contributed by atoms with van der Waals surface area (Å²) in [6.45, 7) is 1.89. The number of aromatic carboxylic acids is 1. The molecule has 140 valence electrons. The van der Waals surface area contributed by atoms with Gasteiger partial charge in [0, 0.05) is 12.8 Å². The molecule has 2 heterocycles. The number of carboxylic acids is 1. The van der Waals surface area contributed by atoms with Crippen LogP contribution in [0.3, 0.4) is 0 Å². The number of rotatable bonds is 6. The number of amides is 2. The fourth-order valence-electron chi connectivity index (χ4n) is 2.76. The molecular formula is C19H19N3O5. The molecule has 0 bridgehead atoms. The summed E-state index contributed by atoms with van der Waals surface area (Å²) in [6.07, 6.45) is 0.468. The SMILES string of the molecule is Cc1oc(CNC(=O)C2=NN(Cc3ccccc3)C(=O)CC2)cc1C(=O)O. The van der Waals surface area contributed by atoms with Crippen molar-refractivity contribution >= 4 is 23.5 Å². The third kappa shape index (κ3) is 4.41. The van der Waals surface area contributed by atoms with Crippen molar-refractivity contribution in [3.63, 3.8) is 0 Å². The number of carbonyl (C=O) groups excluding carboxylic acids is 2. The van der Waals surface area contributed by atoms with E-state index in [0.717, 1.165) is 5.56 Å². The number of furan rings is 1. The maximum atomic E-state index is 12.4. The van der Waals surface area contributed by atoms with Gasteiger partial charge in [-0.3, -0.25) is 9.59 Å². The summed E-state index contributed by atoms with van der Waals surface area (Å²) >= 11 is 0. The predicted molar refractivity (Wildman–Crippen MR) is 95.9 cm³/mol. The lowest BCUT2D eigenvalue weighted by molar-refractivity contribution is -0.132. The van der Waals surface area contributed by atoms with E-state index < -0.39 is 11.9 Å². The topological polar surface area (TPSA) is 112 Å². The first-order valence-corrected chi connectivity index (χ1v) is 8.46. The van der Waals surface area contributed by atoms with E-state index in [1.54, 1.807) is 6.92 Å². The minimum absolute atomic E-state index is 0.0403. The lowest BCUT2D eigenvalue weighted by atomic mass is 10.1. The first kappa shape index (κ1) is 18.4. The molecule has 2 aromatic rings. The summed E-state index contributed by atoms with van der Waals surface area (Å²) in [5.74, 6) is -1.01. The summed E-state index contributed by atoms with van der Waals surface area (Å²) in [4.78, 5) is 35.5. The molecular weight excluding hydrogens is 350 g/mol. The monoisotopic (exact) mass is 369 g/mol. The number of hydrazone groups is 1. The van der Waals surface area contributed by atoms with Crippen molar-refractivity contribution < 1.29 is 23.9 Å². The summed E-state index contributed by atoms with van der Waals surface area (Å²) in [5.41, 5.74) is 1.24. The first-order valence-electron chi connectivity index (χ1n) is 8.46. The maximum Gasteiger partial charge on any atom is 0.339 e. The van der Waals surface area contributed by atoms with Crippen molar-refractivity contribution in [2.24, 2.45) is 5.10 Å². The molecule has 1 aromatic heterocycles. The Labute approximate surface area is 155 Å². The van der Waals surface area contributed by atoms with Crippen LogP contribution in [-0.2, 0) is 22.7 Å². The number of carboxylic acid groups (broad SMARTS) is 1. The molecule has 1 aliphatic rings. The zero-order chi connectivity index (χ0) is 19.4. The summed E-state index contributed by atoms with van der Waals surface area (Å²) in [6, 6.07) is 10.8. The Bertz CT molecular complexity index is 901. The summed E-state index contributed by atoms with van der Waals surface area (Å²) in [7, 11) is 0. The van der Waals surface area contributed by atoms with E-state index in [2.05, 4.69) is 10.4 Å². The lowest BCUT2D eigenvalue weighted by Gasteiger charge is -2.23. The Morgan fingerprint density at radius 3 is 2.67 bits per heavy atom. The number of hydrogen-bond acceptors (Lipinski definition) is 5. The number of carbonyl (C=O) groups is 3. The van der Waals surface area contributed by atoms with Gasteiger partial charge in [0.05, 0.1) is 13.1 Å². The van der Waals surface area contributed by atoms with E-state index >= 15 is 0 Å². The van der Waals surface area contributed by atoms with E-state index in [0.29, 0.717) is 12.3 Å². The molecule has 0 saturated carbocycles. The fraction of sp³-hybridized carbons (Fsp3) is 0.263. The van der Waals surface area contributed by atoms with Gasteiger partial charge in [-0.15, -0.1) is 0 Å². The molecule has 0 saturated heterocycles. The third-order valence-electron chi connectivity index (χ3n) is 4.16. The van der Waals surface area contributed by atoms with Crippen LogP contribution >= 0.6 is 0 Å². The quantitative estimate of drug-likeness (QED) is 0.810. The van der Waals surface area contributed by atoms with Crippen LogP contribution in [0, 0.1) is 6.92 Å². The Balaban J connectivity index is 1.65. The van der Waals surface area contributed by atoms with E-state index in [9.17, 15) is 14.4 Å². The second-order valence-electron chi connectivity index (χ2n) is 6.15. The van der Waals surface area contributed by atoms with Gasteiger partial charge >= 0.3 is 5.97 Å². The molecule has 1 aliphatic heterocycles. The van der Waals surface area contributed by atoms with Crippen molar-refractivity contribution in [2.75, 3.05) is 0 Å². The molecule has 3 rings (SSSR count). The zero-order valence-electron chi connectivity index (χ0n) is 14.8. The summed E-state index contributed by atoms with van der Waals surface area (Å²) < 4.78 is 5.33. The number of aryl methyl sites for hydroxylation is 1. The molecule has 0 fully saturated rings. The second kappa shape index (κ2) is 7.86. The molecule has 0 unspecified atom stereocenters. The highest BCUT2D eigenvalue weighted by Gasteiger charge is 2.24. The Morgan fingerprint density at radius 2 is 2.00 bits per heavy atom. The van der Waals surface area contributed by atoms with E-state index in [1.165, 1.54) is 11.1 Å². The van der Waals surface area contributed by atoms with Gasteiger partial charge in [0.15, 0.2) is 0 Å². The van der Waals surface area contributed by atoms with Crippen molar-refractivity contribution in [3.8, 4) is 0 Å². The molecule has 2 amide bonds. The van der Waals surface area contributed by atoms with Crippen molar-refractivity contribution in [1.29, 1.82) is 0 Å². The highest BCUT2D eigenvalue weighted by atomic mass is 16.4. The van der Waals surface area contributed by atoms with Crippen LogP contribution < -0.4 is 5.32 Å². The Hall–Kier alpha value is -3.42. The van der Waals surface area contributed by atoms with Gasteiger partial charge < -0.3 is 14.8 Å². The normalized spacial score (nSPS) is 14.0. The number of nitrogens with one attached hydrogen (secondary N) is 1. The average molecular weight is 369 g/mol. The fourth-order valence-corrected chi connectivity index (χ4v) is 2.76. The highest BCUT2D eigenvalue weighted by Crippen LogP contribution is 2.16. The average Bonchev–Trinajstić information content (AvgIpc) is 3.03.